The van der Waals surface area contributed by atoms with Crippen LogP contribution in [0, 0.1) is 0 Å². The van der Waals surface area contributed by atoms with E-state index in [1.165, 1.54) is 0 Å². The zero-order valence-electron chi connectivity index (χ0n) is 19.6. The molecule has 0 heterocycles. The summed E-state index contributed by atoms with van der Waals surface area (Å²) in [5, 5.41) is 39.4. The van der Waals surface area contributed by atoms with Crippen molar-refractivity contribution in [2.24, 2.45) is 0 Å². The van der Waals surface area contributed by atoms with Crippen molar-refractivity contribution < 1.29 is 98.7 Å². The van der Waals surface area contributed by atoms with Crippen LogP contribution < -0.4 is 69.7 Å². The van der Waals surface area contributed by atoms with E-state index < -0.39 is 23.9 Å². The molecule has 0 fully saturated rings. The summed E-state index contributed by atoms with van der Waals surface area (Å²) in [6.45, 7) is 1.11. The second-order valence-corrected chi connectivity index (χ2v) is 10.1. The maximum Gasteiger partial charge on any atom is 1.00 e. The van der Waals surface area contributed by atoms with Crippen LogP contribution in [0.1, 0.15) is 51.4 Å². The number of nitrogens with one attached hydrogen (secondary N) is 2. The van der Waals surface area contributed by atoms with Crippen molar-refractivity contribution in [3.63, 3.8) is 0 Å². The first-order valence-corrected chi connectivity index (χ1v) is 12.8. The molecule has 0 aliphatic carbocycles. The van der Waals surface area contributed by atoms with Crippen molar-refractivity contribution in [2.75, 3.05) is 24.6 Å². The second kappa shape index (κ2) is 29.6. The third-order valence-electron chi connectivity index (χ3n) is 3.30. The zero-order valence-corrected chi connectivity index (χ0v) is 27.0. The molecule has 0 radical (unpaired) electrons. The number of hydrogen-bond donors (Lipinski definition) is 6. The van der Waals surface area contributed by atoms with Gasteiger partial charge in [0.05, 0.1) is 0 Å². The molecule has 10 nitrogen and oxygen atoms in total. The van der Waals surface area contributed by atoms with E-state index in [0.29, 0.717) is 47.4 Å². The van der Waals surface area contributed by atoms with Gasteiger partial charge in [-0.25, -0.2) is 0 Å². The standard InChI is InChI=1S/2C9H16NO4S2.2Na/c2*11-7(12)3-1-5-10-9(15)16-6-2-4-8(13)14;;/h2*16H,1-6H2,(H,10,15)(H,11,12)(H,13,14);;/q2*-1;2*+1. The number of carboxylic acids is 4. The average molecular weight is 579 g/mol. The Bertz CT molecular complexity index is 531. The molecule has 0 unspecified atom stereocenters. The van der Waals surface area contributed by atoms with Crippen LogP contribution in [0.3, 0.4) is 0 Å². The van der Waals surface area contributed by atoms with Crippen LogP contribution in [0.4, 0.5) is 0 Å². The van der Waals surface area contributed by atoms with Crippen LogP contribution in [0.25, 0.3) is 0 Å². The quantitative estimate of drug-likeness (QED) is 0.0339. The smallest absolute Gasteiger partial charge is 0.481 e. The SMILES string of the molecule is O=C(O)CCCNC(=S)[SH-]CCCC(=O)O.O=C(O)CCCNC(=S)[SH-]CCCC(=O)O.[Na+].[Na+]. The Morgan fingerprint density at radius 1 is 0.559 bits per heavy atom. The normalized spacial score (nSPS) is 9.41. The van der Waals surface area contributed by atoms with E-state index in [4.69, 9.17) is 44.9 Å². The van der Waals surface area contributed by atoms with Gasteiger partial charge in [-0.1, -0.05) is 37.3 Å². The molecule has 0 saturated carbocycles. The molecule has 16 heteroatoms. The molecular weight excluding hydrogens is 546 g/mol. The summed E-state index contributed by atoms with van der Waals surface area (Å²) in [4.78, 5) is 40.8. The molecular formula is C18H32N2Na2O8S4. The molecule has 0 aliphatic heterocycles. The van der Waals surface area contributed by atoms with E-state index in [0.717, 1.165) is 35.0 Å². The van der Waals surface area contributed by atoms with Crippen LogP contribution in [0.15, 0.2) is 0 Å². The molecule has 0 aromatic heterocycles. The van der Waals surface area contributed by atoms with E-state index in [1.807, 2.05) is 0 Å². The summed E-state index contributed by atoms with van der Waals surface area (Å²) in [5.74, 6) is -1.78. The van der Waals surface area contributed by atoms with Gasteiger partial charge < -0.3 is 54.6 Å². The summed E-state index contributed by atoms with van der Waals surface area (Å²) in [5.41, 5.74) is 0. The largest absolute Gasteiger partial charge is 1.00 e. The fourth-order valence-electron chi connectivity index (χ4n) is 1.80. The third kappa shape index (κ3) is 39.6. The Morgan fingerprint density at radius 2 is 0.824 bits per heavy atom. The maximum atomic E-state index is 10.2. The van der Waals surface area contributed by atoms with Crippen molar-refractivity contribution >= 4 is 80.5 Å². The van der Waals surface area contributed by atoms with Crippen molar-refractivity contribution in [2.45, 2.75) is 51.4 Å². The fraction of sp³-hybridized carbons (Fsp3) is 0.667. The molecule has 0 aliphatic rings. The maximum absolute atomic E-state index is 10.2. The van der Waals surface area contributed by atoms with Gasteiger partial charge in [0.15, 0.2) is 0 Å². The van der Waals surface area contributed by atoms with Gasteiger partial charge in [0, 0.05) is 38.8 Å². The van der Waals surface area contributed by atoms with Crippen molar-refractivity contribution in [1.29, 1.82) is 0 Å². The predicted octanol–water partition coefficient (Wildman–Crippen LogP) is -5.18. The van der Waals surface area contributed by atoms with Gasteiger partial charge in [0.1, 0.15) is 0 Å². The van der Waals surface area contributed by atoms with Crippen molar-refractivity contribution in [1.82, 2.24) is 10.6 Å². The van der Waals surface area contributed by atoms with Gasteiger partial charge in [-0.05, 0) is 21.5 Å². The third-order valence-corrected chi connectivity index (χ3v) is 6.33. The van der Waals surface area contributed by atoms with Crippen LogP contribution >= 0.6 is 24.4 Å². The number of carboxylic acid groups (broad SMARTS) is 4. The van der Waals surface area contributed by atoms with Crippen molar-refractivity contribution in [3.8, 4) is 0 Å². The zero-order chi connectivity index (χ0) is 24.8. The second-order valence-electron chi connectivity index (χ2n) is 6.22. The molecule has 188 valence electrons. The molecule has 6 N–H and O–H groups in total. The Morgan fingerprint density at radius 3 is 1.09 bits per heavy atom. The topological polar surface area (TPSA) is 173 Å². The minimum absolute atomic E-state index is 0. The molecule has 34 heavy (non-hydrogen) atoms. The van der Waals surface area contributed by atoms with Crippen LogP contribution in [-0.4, -0.2) is 77.5 Å². The summed E-state index contributed by atoms with van der Waals surface area (Å²) in [6, 6.07) is 0. The number of rotatable bonds is 16. The average Bonchev–Trinajstić information content (AvgIpc) is 2.69. The molecule has 0 saturated heterocycles. The van der Waals surface area contributed by atoms with E-state index in [9.17, 15) is 19.2 Å². The molecule has 0 aromatic rings. The predicted molar refractivity (Wildman–Crippen MR) is 136 cm³/mol. The summed E-state index contributed by atoms with van der Waals surface area (Å²) in [7, 11) is 0. The van der Waals surface area contributed by atoms with Gasteiger partial charge in [-0.2, -0.15) is 0 Å². The number of carbonyl (C=O) groups is 4. The molecule has 0 rings (SSSR count). The Hall–Kier alpha value is 0.360. The summed E-state index contributed by atoms with van der Waals surface area (Å²) >= 11 is 11.8. The summed E-state index contributed by atoms with van der Waals surface area (Å²) in [6.07, 6.45) is 2.88. The van der Waals surface area contributed by atoms with Crippen LogP contribution in [-0.2, 0) is 42.7 Å². The summed E-state index contributed by atoms with van der Waals surface area (Å²) < 4.78 is 1.30. The number of thiol groups is 2. The van der Waals surface area contributed by atoms with Crippen LogP contribution in [0.2, 0.25) is 0 Å². The molecule has 0 spiro atoms. The Balaban J connectivity index is -0.000000250. The minimum atomic E-state index is -0.813. The van der Waals surface area contributed by atoms with Crippen molar-refractivity contribution in [3.05, 3.63) is 0 Å². The fourth-order valence-corrected chi connectivity index (χ4v) is 4.04. The van der Waals surface area contributed by atoms with Crippen LogP contribution in [0.5, 0.6) is 0 Å². The number of thiocarbonyl (C=S) groups is 2. The first-order chi connectivity index (χ1) is 15.0. The first kappa shape index (κ1) is 41.5. The van der Waals surface area contributed by atoms with E-state index in [2.05, 4.69) is 10.6 Å². The van der Waals surface area contributed by atoms with Gasteiger partial charge in [0.2, 0.25) is 0 Å². The van der Waals surface area contributed by atoms with Gasteiger partial charge >= 0.3 is 83.0 Å². The van der Waals surface area contributed by atoms with E-state index in [-0.39, 0.29) is 84.8 Å². The minimum Gasteiger partial charge on any atom is -0.481 e. The van der Waals surface area contributed by atoms with E-state index in [1.54, 1.807) is 0 Å². The van der Waals surface area contributed by atoms with Gasteiger partial charge in [-0.3, -0.25) is 19.2 Å². The number of aliphatic carboxylic acids is 4. The van der Waals surface area contributed by atoms with Gasteiger partial charge in [-0.15, -0.1) is 11.5 Å². The Labute approximate surface area is 263 Å². The number of hydrogen-bond acceptors (Lipinski definition) is 8. The molecule has 0 atom stereocenters. The van der Waals surface area contributed by atoms with Gasteiger partial charge in [0.25, 0.3) is 0 Å². The molecule has 0 bridgehead atoms. The monoisotopic (exact) mass is 578 g/mol. The molecule has 0 aromatic carbocycles. The Kier molecular flexibility index (Phi) is 36.1. The van der Waals surface area contributed by atoms with E-state index >= 15 is 0 Å². The molecule has 0 amide bonds. The first-order valence-electron chi connectivity index (χ1n) is 9.82.